The van der Waals surface area contributed by atoms with E-state index < -0.39 is 17.3 Å². The average molecular weight is 400 g/mol. The lowest BCUT2D eigenvalue weighted by Gasteiger charge is -2.42. The van der Waals surface area contributed by atoms with Crippen LogP contribution in [0.15, 0.2) is 48.1 Å². The highest BCUT2D eigenvalue weighted by atomic mass is 19.1. The smallest absolute Gasteiger partial charge is 0.210 e. The first-order valence-electron chi connectivity index (χ1n) is 10.2. The van der Waals surface area contributed by atoms with Gasteiger partial charge in [0, 0.05) is 20.1 Å². The fourth-order valence-electron chi connectivity index (χ4n) is 4.78. The number of alkyl halides is 1. The van der Waals surface area contributed by atoms with Crippen LogP contribution in [-0.2, 0) is 20.7 Å². The van der Waals surface area contributed by atoms with Gasteiger partial charge in [0.15, 0.2) is 5.67 Å². The van der Waals surface area contributed by atoms with E-state index in [9.17, 15) is 4.79 Å². The molecule has 0 radical (unpaired) electrons. The lowest BCUT2D eigenvalue weighted by Crippen LogP contribution is -2.56. The molecule has 1 aliphatic carbocycles. The third kappa shape index (κ3) is 3.89. The van der Waals surface area contributed by atoms with Crippen LogP contribution in [0.1, 0.15) is 36.4 Å². The van der Waals surface area contributed by atoms with Gasteiger partial charge >= 0.3 is 0 Å². The van der Waals surface area contributed by atoms with Crippen LogP contribution in [0, 0.1) is 0 Å². The normalized spacial score (nSPS) is 34.4. The van der Waals surface area contributed by atoms with Gasteiger partial charge in [-0.2, -0.15) is 0 Å². The van der Waals surface area contributed by atoms with Gasteiger partial charge in [-0.15, -0.1) is 0 Å². The number of benzene rings is 1. The zero-order chi connectivity index (χ0) is 20.5. The second-order valence-electron chi connectivity index (χ2n) is 8.50. The van der Waals surface area contributed by atoms with E-state index in [2.05, 4.69) is 12.1 Å². The summed E-state index contributed by atoms with van der Waals surface area (Å²) in [4.78, 5) is 13.5. The number of nitrogens with zero attached hydrogens (tertiary/aromatic N) is 1. The molecule has 3 aliphatic rings. The number of carbonyl (C=O) groups excluding carboxylic acids is 1. The van der Waals surface area contributed by atoms with Crippen molar-refractivity contribution >= 4 is 6.41 Å². The molecule has 0 saturated carbocycles. The van der Waals surface area contributed by atoms with Crippen molar-refractivity contribution in [3.63, 3.8) is 0 Å². The molecule has 4 atom stereocenters. The Kier molecular flexibility index (Phi) is 5.60. The van der Waals surface area contributed by atoms with Gasteiger partial charge in [-0.05, 0) is 42.0 Å². The zero-order valence-electron chi connectivity index (χ0n) is 16.9. The Morgan fingerprint density at radius 1 is 1.41 bits per heavy atom. The molecule has 29 heavy (non-hydrogen) atoms. The molecular weight excluding hydrogens is 371 g/mol. The Hall–Kier alpha value is -2.02. The summed E-state index contributed by atoms with van der Waals surface area (Å²) in [5, 5.41) is 0. The molecule has 6 heteroatoms. The molecule has 1 fully saturated rings. The summed E-state index contributed by atoms with van der Waals surface area (Å²) in [6, 6.07) is 8.01. The van der Waals surface area contributed by atoms with E-state index in [4.69, 9.17) is 15.2 Å². The summed E-state index contributed by atoms with van der Waals surface area (Å²) < 4.78 is 26.7. The van der Waals surface area contributed by atoms with E-state index in [-0.39, 0.29) is 19.1 Å². The number of nitrogens with two attached hydrogens (primary N) is 1. The Morgan fingerprint density at radius 2 is 2.24 bits per heavy atom. The van der Waals surface area contributed by atoms with Crippen LogP contribution in [0.4, 0.5) is 4.39 Å². The lowest BCUT2D eigenvalue weighted by molar-refractivity contribution is -0.120. The van der Waals surface area contributed by atoms with Crippen LogP contribution in [0.25, 0.3) is 0 Å². The summed E-state index contributed by atoms with van der Waals surface area (Å²) in [5.74, 6) is 0. The van der Waals surface area contributed by atoms with Gasteiger partial charge in [-0.1, -0.05) is 36.4 Å². The first-order valence-corrected chi connectivity index (χ1v) is 10.2. The minimum Gasteiger partial charge on any atom is -0.383 e. The summed E-state index contributed by atoms with van der Waals surface area (Å²) in [6.07, 6.45) is 8.03. The maximum atomic E-state index is 15.7. The zero-order valence-corrected chi connectivity index (χ0v) is 16.9. The minimum absolute atomic E-state index is 0.163. The highest BCUT2D eigenvalue weighted by Crippen LogP contribution is 2.41. The largest absolute Gasteiger partial charge is 0.383 e. The molecule has 0 spiro atoms. The molecule has 0 bridgehead atoms. The summed E-state index contributed by atoms with van der Waals surface area (Å²) in [5.41, 5.74) is 7.48. The highest BCUT2D eigenvalue weighted by Gasteiger charge is 2.44. The van der Waals surface area contributed by atoms with Crippen molar-refractivity contribution in [3.8, 4) is 0 Å². The van der Waals surface area contributed by atoms with Gasteiger partial charge in [0.2, 0.25) is 6.41 Å². The van der Waals surface area contributed by atoms with Crippen LogP contribution in [-0.4, -0.2) is 55.5 Å². The van der Waals surface area contributed by atoms with E-state index >= 15 is 4.39 Å². The van der Waals surface area contributed by atoms with E-state index in [0.717, 1.165) is 24.0 Å². The third-order valence-electron chi connectivity index (χ3n) is 6.42. The number of methoxy groups -OCH3 is 1. The second-order valence-corrected chi connectivity index (χ2v) is 8.50. The summed E-state index contributed by atoms with van der Waals surface area (Å²) >= 11 is 0. The fourth-order valence-corrected chi connectivity index (χ4v) is 4.78. The number of hydrogen-bond acceptors (Lipinski definition) is 4. The maximum absolute atomic E-state index is 15.7. The molecule has 1 aromatic carbocycles. The van der Waals surface area contributed by atoms with Crippen molar-refractivity contribution in [2.75, 3.05) is 26.9 Å². The van der Waals surface area contributed by atoms with Crippen molar-refractivity contribution in [2.24, 2.45) is 5.73 Å². The molecule has 1 unspecified atom stereocenters. The first-order chi connectivity index (χ1) is 14.0. The second kappa shape index (κ2) is 8.01. The van der Waals surface area contributed by atoms with Gasteiger partial charge in [-0.3, -0.25) is 4.79 Å². The topological polar surface area (TPSA) is 64.8 Å². The SMILES string of the molecule is COC[C@@]1(N)CC[C@@H](C2(F)C=CC([C@H]3c4ccccc4CCN3C=O)=CC2)OC1. The van der Waals surface area contributed by atoms with Crippen molar-refractivity contribution in [2.45, 2.75) is 49.0 Å². The maximum Gasteiger partial charge on any atom is 0.210 e. The Balaban J connectivity index is 1.50. The number of rotatable bonds is 5. The van der Waals surface area contributed by atoms with Crippen molar-refractivity contribution < 1.29 is 18.7 Å². The molecule has 156 valence electrons. The van der Waals surface area contributed by atoms with Gasteiger partial charge in [0.25, 0.3) is 0 Å². The van der Waals surface area contributed by atoms with Gasteiger partial charge < -0.3 is 20.1 Å². The number of halogens is 1. The van der Waals surface area contributed by atoms with E-state index in [1.54, 1.807) is 18.1 Å². The fraction of sp³-hybridized carbons (Fsp3) is 0.522. The van der Waals surface area contributed by atoms with E-state index in [0.29, 0.717) is 26.0 Å². The first kappa shape index (κ1) is 20.3. The molecule has 1 amide bonds. The Morgan fingerprint density at radius 3 is 2.90 bits per heavy atom. The molecule has 1 saturated heterocycles. The van der Waals surface area contributed by atoms with Gasteiger partial charge in [0.1, 0.15) is 0 Å². The van der Waals surface area contributed by atoms with Crippen LogP contribution in [0.3, 0.4) is 0 Å². The summed E-state index contributed by atoms with van der Waals surface area (Å²) in [7, 11) is 1.61. The molecule has 2 aliphatic heterocycles. The Bertz CT molecular complexity index is 816. The van der Waals surface area contributed by atoms with Crippen molar-refractivity contribution in [1.29, 1.82) is 0 Å². The lowest BCUT2D eigenvalue weighted by atomic mass is 9.79. The summed E-state index contributed by atoms with van der Waals surface area (Å²) in [6.45, 7) is 1.36. The van der Waals surface area contributed by atoms with Crippen LogP contribution < -0.4 is 5.73 Å². The van der Waals surface area contributed by atoms with Crippen molar-refractivity contribution in [3.05, 3.63) is 59.2 Å². The number of carbonyl (C=O) groups is 1. The predicted octanol–water partition coefficient (Wildman–Crippen LogP) is 2.86. The van der Waals surface area contributed by atoms with Crippen molar-refractivity contribution in [1.82, 2.24) is 4.90 Å². The van der Waals surface area contributed by atoms with Crippen LogP contribution in [0.5, 0.6) is 0 Å². The standard InChI is InChI=1S/C23H29FN2O3/c1-28-14-22(25)10-8-20(29-15-22)23(24)11-6-18(7-12-23)21-19-5-3-2-4-17(19)9-13-26(21)16-27/h2-7,11,16,20-21H,8-10,12-15,25H2,1H3/t20-,21-,22-,23?/m0/s1. The molecule has 1 aromatic rings. The number of hydrogen-bond donors (Lipinski definition) is 1. The average Bonchev–Trinajstić information content (AvgIpc) is 2.74. The van der Waals surface area contributed by atoms with E-state index in [1.165, 1.54) is 5.56 Å². The molecule has 2 N–H and O–H groups in total. The molecule has 5 nitrogen and oxygen atoms in total. The Labute approximate surface area is 171 Å². The van der Waals surface area contributed by atoms with Gasteiger partial charge in [-0.25, -0.2) is 4.39 Å². The van der Waals surface area contributed by atoms with Gasteiger partial charge in [0.05, 0.1) is 30.9 Å². The molecular formula is C23H29FN2O3. The highest BCUT2D eigenvalue weighted by molar-refractivity contribution is 5.55. The number of amides is 1. The van der Waals surface area contributed by atoms with Crippen LogP contribution in [0.2, 0.25) is 0 Å². The van der Waals surface area contributed by atoms with E-state index in [1.807, 2.05) is 24.3 Å². The third-order valence-corrected chi connectivity index (χ3v) is 6.42. The number of fused-ring (bicyclic) bond motifs is 1. The molecule has 4 rings (SSSR count). The number of ether oxygens (including phenoxy) is 2. The van der Waals surface area contributed by atoms with Crippen LogP contribution >= 0.6 is 0 Å². The monoisotopic (exact) mass is 400 g/mol. The molecule has 0 aromatic heterocycles. The predicted molar refractivity (Wildman–Crippen MR) is 109 cm³/mol. The quantitative estimate of drug-likeness (QED) is 0.772. The number of allylic oxidation sites excluding steroid dienone is 1. The molecule has 2 heterocycles. The minimum atomic E-state index is -1.56.